The predicted molar refractivity (Wildman–Crippen MR) is 265 cm³/mol. The Balaban J connectivity index is 1.32. The fourth-order valence-electron chi connectivity index (χ4n) is 8.40. The van der Waals surface area contributed by atoms with Crippen LogP contribution in [0.3, 0.4) is 0 Å². The van der Waals surface area contributed by atoms with Gasteiger partial charge < -0.3 is 40.2 Å². The Bertz CT molecular complexity index is 2790. The molecule has 16 nitrogen and oxygen atoms in total. The third-order valence-electron chi connectivity index (χ3n) is 13.7. The molecular formula is C53H59F9N8O8. The van der Waals surface area contributed by atoms with Crippen LogP contribution >= 0.6 is 0 Å². The highest BCUT2D eigenvalue weighted by molar-refractivity contribution is 5.87. The number of alkyl halides is 6. The van der Waals surface area contributed by atoms with Crippen LogP contribution in [0.1, 0.15) is 49.9 Å². The highest BCUT2D eigenvalue weighted by atomic mass is 19.4. The van der Waals surface area contributed by atoms with Gasteiger partial charge >= 0.3 is 24.5 Å². The molecule has 0 aliphatic carbocycles. The van der Waals surface area contributed by atoms with E-state index < -0.39 is 114 Å². The van der Waals surface area contributed by atoms with Crippen molar-refractivity contribution in [3.8, 4) is 23.0 Å². The number of halogens is 9. The number of carbonyl (C=O) groups is 4. The molecule has 6 rings (SSSR count). The highest BCUT2D eigenvalue weighted by Gasteiger charge is 2.57. The molecule has 4 amide bonds. The maximum absolute atomic E-state index is 16.0. The van der Waals surface area contributed by atoms with E-state index in [2.05, 4.69) is 46.8 Å². The topological polar surface area (TPSA) is 187 Å². The van der Waals surface area contributed by atoms with Crippen LogP contribution in [0.25, 0.3) is 11.1 Å². The predicted octanol–water partition coefficient (Wildman–Crippen LogP) is 6.63. The number of piperazine rings is 1. The SMILES string of the molecule is COC(=O)NC(C(=O)N[C@@H](Cc1ccc(C#Cc2ccc(N3CCN(C4COC4)CC3)nc2)cc1)[C@@H](O)CN(Cc1c(F)cc(-c2cccc(F)c2)cc1F)NC(=O)[C@@H](NC(=O)OC)C(C)(C)C(F)(F)F)C(C)(C)C(F)(F)F. The molecule has 4 aromatic rings. The lowest BCUT2D eigenvalue weighted by atomic mass is 9.82. The van der Waals surface area contributed by atoms with Gasteiger partial charge in [0.15, 0.2) is 0 Å². The summed E-state index contributed by atoms with van der Waals surface area (Å²) in [5.41, 5.74) is -3.65. The fraction of sp³-hybridized carbons (Fsp3) is 0.453. The standard InChI is InChI=1S/C53H59F9N8O8/c1-50(2,52(57,58)59)44(65-48(74)76-5)46(72)64-41(22-32-13-10-31(11-14-32)12-15-33-16-17-43(63-26-33)69-20-18-68(19-21-69)37-29-78-30-37)42(71)28-70(67-47(73)45(66-49(75)77-6)51(3,4)53(60,61)62)27-38-39(55)24-35(25-40(38)56)34-8-7-9-36(54)23-34/h7-11,13-14,16-17,23-26,37,41-42,44-45,71H,18-22,27-30H2,1-6H3,(H,64,72)(H,65,74)(H,66,75)(H,67,73)/t41-,42-,44?,45+/m0/s1. The second kappa shape index (κ2) is 25.1. The highest BCUT2D eigenvalue weighted by Crippen LogP contribution is 2.42. The summed E-state index contributed by atoms with van der Waals surface area (Å²) in [5, 5.41) is 18.6. The Morgan fingerprint density at radius 3 is 1.79 bits per heavy atom. The summed E-state index contributed by atoms with van der Waals surface area (Å²) in [6, 6.07) is 9.82. The maximum Gasteiger partial charge on any atom is 0.407 e. The van der Waals surface area contributed by atoms with Gasteiger partial charge in [-0.25, -0.2) is 32.8 Å². The molecule has 0 saturated carbocycles. The zero-order valence-electron chi connectivity index (χ0n) is 43.3. The number of anilines is 1. The van der Waals surface area contributed by atoms with E-state index in [0.29, 0.717) is 55.4 Å². The van der Waals surface area contributed by atoms with Crippen molar-refractivity contribution >= 4 is 29.8 Å². The monoisotopic (exact) mass is 1110 g/mol. The van der Waals surface area contributed by atoms with Crippen molar-refractivity contribution in [2.24, 2.45) is 10.8 Å². The molecule has 2 fully saturated rings. The van der Waals surface area contributed by atoms with Crippen LogP contribution in [0.5, 0.6) is 0 Å². The molecule has 3 aromatic carbocycles. The molecule has 4 atom stereocenters. The number of hydrogen-bond acceptors (Lipinski definition) is 12. The molecule has 0 bridgehead atoms. The van der Waals surface area contributed by atoms with Crippen LogP contribution in [0.15, 0.2) is 79.0 Å². The molecule has 25 heteroatoms. The minimum absolute atomic E-state index is 0.0428. The number of aliphatic hydroxyl groups excluding tert-OH is 1. The number of aliphatic hydroxyl groups is 1. The summed E-state index contributed by atoms with van der Waals surface area (Å²) >= 11 is 0. The summed E-state index contributed by atoms with van der Waals surface area (Å²) in [4.78, 5) is 62.0. The van der Waals surface area contributed by atoms with E-state index >= 15 is 8.78 Å². The van der Waals surface area contributed by atoms with E-state index in [9.17, 15) is 55.0 Å². The minimum atomic E-state index is -5.20. The first-order chi connectivity index (χ1) is 36.6. The number of amides is 4. The molecule has 3 heterocycles. The van der Waals surface area contributed by atoms with E-state index in [1.807, 2.05) is 17.4 Å². The summed E-state index contributed by atoms with van der Waals surface area (Å²) in [5.74, 6) is 0.261. The van der Waals surface area contributed by atoms with E-state index in [1.165, 1.54) is 24.3 Å². The molecule has 1 aromatic heterocycles. The lowest BCUT2D eigenvalue weighted by Gasteiger charge is -2.42. The minimum Gasteiger partial charge on any atom is -0.453 e. The molecule has 2 aliphatic heterocycles. The second-order valence-corrected chi connectivity index (χ2v) is 19.8. The second-order valence-electron chi connectivity index (χ2n) is 19.8. The summed E-state index contributed by atoms with van der Waals surface area (Å²) < 4.78 is 148. The summed E-state index contributed by atoms with van der Waals surface area (Å²) in [7, 11) is 1.63. The number of hydrazine groups is 1. The lowest BCUT2D eigenvalue weighted by molar-refractivity contribution is -0.221. The molecule has 1 unspecified atom stereocenters. The van der Waals surface area contributed by atoms with Crippen LogP contribution in [0.2, 0.25) is 0 Å². The molecule has 0 spiro atoms. The Morgan fingerprint density at radius 2 is 1.29 bits per heavy atom. The van der Waals surface area contributed by atoms with Crippen molar-refractivity contribution in [3.63, 3.8) is 0 Å². The number of nitrogens with zero attached hydrogens (tertiary/aromatic N) is 4. The number of benzene rings is 3. The number of pyridine rings is 1. The Labute approximate surface area is 443 Å². The van der Waals surface area contributed by atoms with Crippen LogP contribution < -0.4 is 26.3 Å². The van der Waals surface area contributed by atoms with E-state index in [4.69, 9.17) is 4.74 Å². The van der Waals surface area contributed by atoms with Crippen LogP contribution in [-0.4, -0.2) is 147 Å². The van der Waals surface area contributed by atoms with Gasteiger partial charge in [-0.3, -0.25) is 19.9 Å². The number of ether oxygens (including phenoxy) is 3. The van der Waals surface area contributed by atoms with Crippen molar-refractivity contribution in [3.05, 3.63) is 119 Å². The quantitative estimate of drug-likeness (QED) is 0.0408. The van der Waals surface area contributed by atoms with Gasteiger partial charge in [0.25, 0.3) is 5.91 Å². The number of hydrogen-bond donors (Lipinski definition) is 5. The zero-order chi connectivity index (χ0) is 57.3. The molecule has 2 aliphatic rings. The van der Waals surface area contributed by atoms with E-state index in [-0.39, 0.29) is 11.1 Å². The van der Waals surface area contributed by atoms with E-state index in [1.54, 1.807) is 23.6 Å². The lowest BCUT2D eigenvalue weighted by Crippen LogP contribution is -2.63. The molecular weight excluding hydrogens is 1050 g/mol. The first-order valence-electron chi connectivity index (χ1n) is 24.4. The van der Waals surface area contributed by atoms with E-state index in [0.717, 1.165) is 83.7 Å². The number of rotatable bonds is 18. The zero-order valence-corrected chi connectivity index (χ0v) is 43.3. The molecule has 0 radical (unpaired) electrons. The third kappa shape index (κ3) is 14.9. The molecule has 5 N–H and O–H groups in total. The first kappa shape index (κ1) is 60.1. The normalized spacial score (nSPS) is 16.1. The molecule has 422 valence electrons. The van der Waals surface area contributed by atoms with Crippen LogP contribution in [-0.2, 0) is 36.8 Å². The van der Waals surface area contributed by atoms with Crippen molar-refractivity contribution in [1.29, 1.82) is 0 Å². The number of carbonyl (C=O) groups excluding carboxylic acids is 4. The Kier molecular flexibility index (Phi) is 19.3. The average molecular weight is 1110 g/mol. The number of nitrogens with one attached hydrogen (secondary N) is 4. The van der Waals surface area contributed by atoms with Crippen LogP contribution in [0, 0.1) is 40.1 Å². The van der Waals surface area contributed by atoms with Gasteiger partial charge in [-0.05, 0) is 99.3 Å². The molecule has 2 saturated heterocycles. The van der Waals surface area contributed by atoms with Crippen molar-refractivity contribution in [1.82, 2.24) is 36.3 Å². The molecule has 78 heavy (non-hydrogen) atoms. The Hall–Kier alpha value is -7.14. The summed E-state index contributed by atoms with van der Waals surface area (Å²) in [6.07, 6.45) is -14.2. The Morgan fingerprint density at radius 1 is 0.744 bits per heavy atom. The third-order valence-corrected chi connectivity index (χ3v) is 13.7. The number of aromatic nitrogens is 1. The average Bonchev–Trinajstić information content (AvgIpc) is 3.39. The van der Waals surface area contributed by atoms with Gasteiger partial charge in [-0.1, -0.05) is 36.1 Å². The van der Waals surface area contributed by atoms with Gasteiger partial charge in [-0.2, -0.15) is 26.3 Å². The van der Waals surface area contributed by atoms with Crippen molar-refractivity contribution in [2.75, 3.05) is 65.1 Å². The largest absolute Gasteiger partial charge is 0.453 e. The fourth-order valence-corrected chi connectivity index (χ4v) is 8.40. The van der Waals surface area contributed by atoms with Gasteiger partial charge in [0.05, 0.1) is 56.5 Å². The smallest absolute Gasteiger partial charge is 0.407 e. The number of alkyl carbamates (subject to hydrolysis) is 2. The van der Waals surface area contributed by atoms with Gasteiger partial charge in [0.2, 0.25) is 5.91 Å². The number of methoxy groups -OCH3 is 2. The van der Waals surface area contributed by atoms with Gasteiger partial charge in [0.1, 0.15) is 35.4 Å². The van der Waals surface area contributed by atoms with Gasteiger partial charge in [0, 0.05) is 62.2 Å². The van der Waals surface area contributed by atoms with Gasteiger partial charge in [-0.15, -0.1) is 0 Å². The summed E-state index contributed by atoms with van der Waals surface area (Å²) in [6.45, 7) is 4.99. The van der Waals surface area contributed by atoms with Crippen molar-refractivity contribution in [2.45, 2.75) is 83.3 Å². The first-order valence-corrected chi connectivity index (χ1v) is 24.4. The van der Waals surface area contributed by atoms with Crippen molar-refractivity contribution < 1.29 is 78.0 Å². The van der Waals surface area contributed by atoms with Crippen LogP contribution in [0.4, 0.5) is 54.9 Å². The maximum atomic E-state index is 16.0.